The number of benzene rings is 1. The van der Waals surface area contributed by atoms with Crippen LogP contribution in [0.3, 0.4) is 0 Å². The molecule has 1 amide bonds. The zero-order valence-corrected chi connectivity index (χ0v) is 18.4. The fourth-order valence-electron chi connectivity index (χ4n) is 4.45. The van der Waals surface area contributed by atoms with E-state index in [9.17, 15) is 4.79 Å². The van der Waals surface area contributed by atoms with Crippen molar-refractivity contribution in [2.24, 2.45) is 11.1 Å². The van der Waals surface area contributed by atoms with Gasteiger partial charge in [-0.2, -0.15) is 10.1 Å². The number of hydrogen-bond acceptors (Lipinski definition) is 5. The van der Waals surface area contributed by atoms with Gasteiger partial charge < -0.3 is 10.3 Å². The van der Waals surface area contributed by atoms with E-state index in [4.69, 9.17) is 15.4 Å². The number of carbonyl (C=O) groups is 1. The van der Waals surface area contributed by atoms with Gasteiger partial charge in [0.05, 0.1) is 6.42 Å². The van der Waals surface area contributed by atoms with Gasteiger partial charge in [-0.3, -0.25) is 9.48 Å². The SMILES string of the molecule is CCn1nc(-c2nc(-c3cc(C)c(CC(N)=O)c(C)c3)no2)c2c1CC(C)(C)CC2. The summed E-state index contributed by atoms with van der Waals surface area (Å²) in [4.78, 5) is 16.0. The van der Waals surface area contributed by atoms with Crippen molar-refractivity contribution in [3.8, 4) is 23.0 Å². The van der Waals surface area contributed by atoms with Crippen molar-refractivity contribution in [3.63, 3.8) is 0 Å². The summed E-state index contributed by atoms with van der Waals surface area (Å²) in [5.74, 6) is 0.651. The van der Waals surface area contributed by atoms with E-state index in [1.54, 1.807) is 0 Å². The molecule has 2 heterocycles. The minimum atomic E-state index is -0.338. The van der Waals surface area contributed by atoms with Crippen LogP contribution >= 0.6 is 0 Å². The first-order valence-corrected chi connectivity index (χ1v) is 10.5. The van der Waals surface area contributed by atoms with Crippen LogP contribution in [0.15, 0.2) is 16.7 Å². The number of rotatable bonds is 5. The van der Waals surface area contributed by atoms with Gasteiger partial charge in [0, 0.05) is 23.4 Å². The van der Waals surface area contributed by atoms with Gasteiger partial charge in [-0.15, -0.1) is 0 Å². The third-order valence-electron chi connectivity index (χ3n) is 6.10. The number of carbonyl (C=O) groups excluding carboxylic acids is 1. The van der Waals surface area contributed by atoms with Crippen LogP contribution in [0, 0.1) is 19.3 Å². The molecule has 0 aliphatic heterocycles. The molecule has 0 atom stereocenters. The molecule has 0 fully saturated rings. The van der Waals surface area contributed by atoms with E-state index in [0.717, 1.165) is 53.8 Å². The molecule has 0 saturated heterocycles. The van der Waals surface area contributed by atoms with Crippen molar-refractivity contribution in [1.82, 2.24) is 19.9 Å². The second-order valence-electron chi connectivity index (χ2n) is 9.09. The lowest BCUT2D eigenvalue weighted by Gasteiger charge is -2.30. The lowest BCUT2D eigenvalue weighted by molar-refractivity contribution is -0.117. The van der Waals surface area contributed by atoms with Crippen molar-refractivity contribution >= 4 is 5.91 Å². The van der Waals surface area contributed by atoms with Crippen molar-refractivity contribution in [2.75, 3.05) is 0 Å². The molecule has 0 radical (unpaired) electrons. The molecule has 158 valence electrons. The van der Waals surface area contributed by atoms with Crippen molar-refractivity contribution in [1.29, 1.82) is 0 Å². The van der Waals surface area contributed by atoms with E-state index in [0.29, 0.717) is 11.7 Å². The van der Waals surface area contributed by atoms with Crippen LogP contribution in [0.5, 0.6) is 0 Å². The van der Waals surface area contributed by atoms with E-state index in [-0.39, 0.29) is 17.7 Å². The van der Waals surface area contributed by atoms with Crippen LogP contribution in [-0.2, 0) is 30.6 Å². The van der Waals surface area contributed by atoms with Crippen molar-refractivity contribution in [2.45, 2.75) is 66.8 Å². The average molecular weight is 408 g/mol. The topological polar surface area (TPSA) is 99.8 Å². The maximum Gasteiger partial charge on any atom is 0.279 e. The summed E-state index contributed by atoms with van der Waals surface area (Å²) in [5.41, 5.74) is 12.8. The summed E-state index contributed by atoms with van der Waals surface area (Å²) in [7, 11) is 0. The maximum absolute atomic E-state index is 11.3. The molecule has 2 N–H and O–H groups in total. The highest BCUT2D eigenvalue weighted by Gasteiger charge is 2.32. The molecular weight excluding hydrogens is 378 g/mol. The predicted octanol–water partition coefficient (Wildman–Crippen LogP) is 3.78. The van der Waals surface area contributed by atoms with Crippen molar-refractivity contribution in [3.05, 3.63) is 40.1 Å². The number of hydrogen-bond donors (Lipinski definition) is 1. The van der Waals surface area contributed by atoms with Crippen LogP contribution in [0.25, 0.3) is 23.0 Å². The van der Waals surface area contributed by atoms with Gasteiger partial charge in [-0.05, 0) is 74.3 Å². The van der Waals surface area contributed by atoms with Crippen molar-refractivity contribution < 1.29 is 9.32 Å². The summed E-state index contributed by atoms with van der Waals surface area (Å²) in [6.45, 7) is 11.5. The number of aryl methyl sites for hydroxylation is 3. The Morgan fingerprint density at radius 2 is 1.97 bits per heavy atom. The first-order valence-electron chi connectivity index (χ1n) is 10.5. The number of primary amides is 1. The highest BCUT2D eigenvalue weighted by Crippen LogP contribution is 2.39. The Morgan fingerprint density at radius 3 is 2.60 bits per heavy atom. The zero-order chi connectivity index (χ0) is 21.6. The maximum atomic E-state index is 11.3. The Bertz CT molecular complexity index is 1100. The van der Waals surface area contributed by atoms with Gasteiger partial charge in [0.1, 0.15) is 0 Å². The average Bonchev–Trinajstić information content (AvgIpc) is 3.27. The molecule has 7 nitrogen and oxygen atoms in total. The molecule has 1 aromatic carbocycles. The Labute approximate surface area is 176 Å². The number of amides is 1. The molecule has 4 rings (SSSR count). The predicted molar refractivity (Wildman–Crippen MR) is 115 cm³/mol. The summed E-state index contributed by atoms with van der Waals surface area (Å²) in [5, 5.41) is 9.03. The van der Waals surface area contributed by atoms with Gasteiger partial charge in [0.15, 0.2) is 5.69 Å². The first-order chi connectivity index (χ1) is 14.2. The second kappa shape index (κ2) is 7.38. The largest absolute Gasteiger partial charge is 0.369 e. The molecule has 0 saturated carbocycles. The van der Waals surface area contributed by atoms with Gasteiger partial charge in [-0.25, -0.2) is 0 Å². The number of fused-ring (bicyclic) bond motifs is 1. The third kappa shape index (κ3) is 3.64. The zero-order valence-electron chi connectivity index (χ0n) is 18.4. The smallest absolute Gasteiger partial charge is 0.279 e. The Hall–Kier alpha value is -2.96. The second-order valence-corrected chi connectivity index (χ2v) is 9.09. The molecule has 30 heavy (non-hydrogen) atoms. The fourth-order valence-corrected chi connectivity index (χ4v) is 4.45. The molecule has 0 bridgehead atoms. The summed E-state index contributed by atoms with van der Waals surface area (Å²) in [6.07, 6.45) is 3.31. The monoisotopic (exact) mass is 407 g/mol. The molecule has 0 unspecified atom stereocenters. The van der Waals surface area contributed by atoms with Gasteiger partial charge in [-0.1, -0.05) is 19.0 Å². The lowest BCUT2D eigenvalue weighted by atomic mass is 9.76. The number of aromatic nitrogens is 4. The highest BCUT2D eigenvalue weighted by molar-refractivity contribution is 5.78. The van der Waals surface area contributed by atoms with Crippen LogP contribution < -0.4 is 5.73 Å². The summed E-state index contributed by atoms with van der Waals surface area (Å²) >= 11 is 0. The molecule has 1 aliphatic carbocycles. The Morgan fingerprint density at radius 1 is 1.27 bits per heavy atom. The van der Waals surface area contributed by atoms with Crippen LogP contribution in [0.1, 0.15) is 55.1 Å². The van der Waals surface area contributed by atoms with E-state index >= 15 is 0 Å². The number of nitrogens with zero attached hydrogens (tertiary/aromatic N) is 4. The van der Waals surface area contributed by atoms with E-state index in [1.807, 2.05) is 26.0 Å². The number of nitrogens with two attached hydrogens (primary N) is 1. The molecule has 1 aliphatic rings. The summed E-state index contributed by atoms with van der Waals surface area (Å²) in [6, 6.07) is 3.95. The molecular formula is C23H29N5O2. The van der Waals surface area contributed by atoms with Crippen LogP contribution in [-0.4, -0.2) is 25.8 Å². The Balaban J connectivity index is 1.71. The van der Waals surface area contributed by atoms with Gasteiger partial charge in [0.25, 0.3) is 5.89 Å². The van der Waals surface area contributed by atoms with Gasteiger partial charge >= 0.3 is 0 Å². The standard InChI is InChI=1S/C23H29N5O2/c1-6-28-18-12-23(4,5)8-7-16(18)20(26-28)22-25-21(27-30-22)15-9-13(2)17(11-19(24)29)14(3)10-15/h9-10H,6-8,11-12H2,1-5H3,(H2,24,29). The quantitative estimate of drug-likeness (QED) is 0.694. The fraction of sp³-hybridized carbons (Fsp3) is 0.478. The van der Waals surface area contributed by atoms with Gasteiger partial charge in [0.2, 0.25) is 11.7 Å². The molecule has 0 spiro atoms. The highest BCUT2D eigenvalue weighted by atomic mass is 16.5. The third-order valence-corrected chi connectivity index (χ3v) is 6.10. The normalized spacial score (nSPS) is 15.2. The minimum Gasteiger partial charge on any atom is -0.369 e. The van der Waals surface area contributed by atoms with Crippen LogP contribution in [0.2, 0.25) is 0 Å². The van der Waals surface area contributed by atoms with E-state index in [1.165, 1.54) is 11.3 Å². The van der Waals surface area contributed by atoms with Crippen LogP contribution in [0.4, 0.5) is 0 Å². The summed E-state index contributed by atoms with van der Waals surface area (Å²) < 4.78 is 7.72. The molecule has 2 aromatic heterocycles. The first kappa shape index (κ1) is 20.3. The lowest BCUT2D eigenvalue weighted by Crippen LogP contribution is -2.24. The van der Waals surface area contributed by atoms with E-state index < -0.39 is 0 Å². The molecule has 3 aromatic rings. The Kier molecular flexibility index (Phi) is 5.00. The molecule has 7 heteroatoms. The van der Waals surface area contributed by atoms with E-state index in [2.05, 4.69) is 35.6 Å². The minimum absolute atomic E-state index is 0.229.